The van der Waals surface area contributed by atoms with Gasteiger partial charge in [-0.1, -0.05) is 29.8 Å². The molecule has 3 aromatic rings. The van der Waals surface area contributed by atoms with E-state index in [4.69, 9.17) is 5.10 Å². The molecule has 0 N–H and O–H groups in total. The second-order valence-electron chi connectivity index (χ2n) is 8.08. The molecule has 0 spiro atoms. The number of hydrogen-bond acceptors (Lipinski definition) is 3. The van der Waals surface area contributed by atoms with Crippen molar-refractivity contribution in [3.8, 4) is 5.69 Å². The molecule has 0 saturated heterocycles. The molecule has 1 aliphatic heterocycles. The average Bonchev–Trinajstić information content (AvgIpc) is 3.08. The molecule has 0 fully saturated rings. The number of aryl methyl sites for hydroxylation is 1. The molecule has 0 atom stereocenters. The van der Waals surface area contributed by atoms with Crippen molar-refractivity contribution in [2.24, 2.45) is 0 Å². The molecule has 0 radical (unpaired) electrons. The van der Waals surface area contributed by atoms with E-state index in [0.717, 1.165) is 43.0 Å². The van der Waals surface area contributed by atoms with Crippen molar-refractivity contribution in [2.75, 3.05) is 13.6 Å². The van der Waals surface area contributed by atoms with Crippen molar-refractivity contribution in [3.05, 3.63) is 82.4 Å². The highest BCUT2D eigenvalue weighted by atomic mass is 19.1. The molecule has 0 bridgehead atoms. The lowest BCUT2D eigenvalue weighted by Gasteiger charge is -2.28. The van der Waals surface area contributed by atoms with Gasteiger partial charge in [0.15, 0.2) is 0 Å². The Balaban J connectivity index is 1.65. The molecule has 1 aliphatic rings. The fourth-order valence-corrected chi connectivity index (χ4v) is 3.89. The van der Waals surface area contributed by atoms with Crippen molar-refractivity contribution in [1.29, 1.82) is 0 Å². The molecule has 4 rings (SSSR count). The van der Waals surface area contributed by atoms with Crippen molar-refractivity contribution in [2.45, 2.75) is 39.9 Å². The lowest BCUT2D eigenvalue weighted by Crippen LogP contribution is -2.31. The zero-order valence-electron chi connectivity index (χ0n) is 17.7. The van der Waals surface area contributed by atoms with Crippen LogP contribution in [0, 0.1) is 12.7 Å². The first-order chi connectivity index (χ1) is 14.4. The molecule has 156 valence electrons. The fourth-order valence-electron chi connectivity index (χ4n) is 3.89. The predicted molar refractivity (Wildman–Crippen MR) is 115 cm³/mol. The zero-order valence-corrected chi connectivity index (χ0v) is 17.7. The summed E-state index contributed by atoms with van der Waals surface area (Å²) in [4.78, 5) is 15.9. The normalized spacial score (nSPS) is 13.9. The molecule has 0 unspecified atom stereocenters. The van der Waals surface area contributed by atoms with Crippen molar-refractivity contribution in [3.63, 3.8) is 0 Å². The molecule has 6 heteroatoms. The van der Waals surface area contributed by atoms with E-state index in [9.17, 15) is 9.18 Å². The summed E-state index contributed by atoms with van der Waals surface area (Å²) in [6.45, 7) is 6.56. The minimum atomic E-state index is -0.214. The number of rotatable bonds is 5. The second kappa shape index (κ2) is 8.40. The van der Waals surface area contributed by atoms with E-state index in [2.05, 4.69) is 36.1 Å². The van der Waals surface area contributed by atoms with Crippen LogP contribution in [-0.4, -0.2) is 39.1 Å². The summed E-state index contributed by atoms with van der Waals surface area (Å²) < 4.78 is 15.3. The van der Waals surface area contributed by atoms with Crippen LogP contribution in [0.15, 0.2) is 48.5 Å². The Kier molecular flexibility index (Phi) is 5.68. The smallest absolute Gasteiger partial charge is 0.219 e. The van der Waals surface area contributed by atoms with Gasteiger partial charge in [0.25, 0.3) is 0 Å². The number of hydrogen-bond donors (Lipinski definition) is 0. The Morgan fingerprint density at radius 2 is 1.83 bits per heavy atom. The molecule has 5 nitrogen and oxygen atoms in total. The first kappa shape index (κ1) is 20.3. The Hall–Kier alpha value is -2.99. The van der Waals surface area contributed by atoms with Crippen LogP contribution in [0.3, 0.4) is 0 Å². The third-order valence-corrected chi connectivity index (χ3v) is 5.74. The van der Waals surface area contributed by atoms with Gasteiger partial charge in [-0.05, 0) is 36.8 Å². The average molecular weight is 407 g/mol. The number of nitrogens with zero attached hydrogens (tertiary/aromatic N) is 4. The molecule has 30 heavy (non-hydrogen) atoms. The minimum absolute atomic E-state index is 0.0209. The lowest BCUT2D eigenvalue weighted by molar-refractivity contribution is -0.128. The second-order valence-corrected chi connectivity index (χ2v) is 8.08. The van der Waals surface area contributed by atoms with Gasteiger partial charge in [-0.3, -0.25) is 9.69 Å². The molecular formula is C24H27FN4O. The number of benzene rings is 2. The maximum atomic E-state index is 13.2. The van der Waals surface area contributed by atoms with Crippen LogP contribution in [-0.2, 0) is 30.8 Å². The number of carbonyl (C=O) groups excluding carboxylic acids is 1. The van der Waals surface area contributed by atoms with Gasteiger partial charge < -0.3 is 4.90 Å². The fraction of sp³-hybridized carbons (Fsp3) is 0.333. The number of halogens is 1. The number of carbonyl (C=O) groups is 1. The first-order valence-electron chi connectivity index (χ1n) is 10.3. The van der Waals surface area contributed by atoms with Gasteiger partial charge in [-0.15, -0.1) is 0 Å². The summed E-state index contributed by atoms with van der Waals surface area (Å²) in [6, 6.07) is 15.1. The Labute approximate surface area is 176 Å². The first-order valence-corrected chi connectivity index (χ1v) is 10.3. The summed E-state index contributed by atoms with van der Waals surface area (Å²) >= 11 is 0. The van der Waals surface area contributed by atoms with Crippen LogP contribution < -0.4 is 0 Å². The van der Waals surface area contributed by atoms with Crippen LogP contribution in [0.5, 0.6) is 0 Å². The standard InChI is InChI=1S/C24H27FN4O/c1-17-4-10-21(11-5-17)29-24-12-13-28(14-19-6-8-20(25)9-7-19)15-22(24)23(26-29)16-27(3)18(2)30/h4-11H,12-16H2,1-3H3. The minimum Gasteiger partial charge on any atom is -0.340 e. The van der Waals surface area contributed by atoms with Crippen molar-refractivity contribution >= 4 is 5.91 Å². The molecule has 1 aromatic heterocycles. The monoisotopic (exact) mass is 406 g/mol. The van der Waals surface area contributed by atoms with Crippen LogP contribution in [0.2, 0.25) is 0 Å². The largest absolute Gasteiger partial charge is 0.340 e. The number of amides is 1. The van der Waals surface area contributed by atoms with Crippen LogP contribution in [0.4, 0.5) is 4.39 Å². The summed E-state index contributed by atoms with van der Waals surface area (Å²) in [5.74, 6) is -0.193. The topological polar surface area (TPSA) is 41.4 Å². The van der Waals surface area contributed by atoms with E-state index in [1.165, 1.54) is 29.0 Å². The van der Waals surface area contributed by atoms with Gasteiger partial charge in [0.2, 0.25) is 5.91 Å². The number of fused-ring (bicyclic) bond motifs is 1. The van der Waals surface area contributed by atoms with Crippen molar-refractivity contribution in [1.82, 2.24) is 19.6 Å². The quantitative estimate of drug-likeness (QED) is 0.646. The van der Waals surface area contributed by atoms with E-state index >= 15 is 0 Å². The molecule has 0 saturated carbocycles. The van der Waals surface area contributed by atoms with Crippen LogP contribution in [0.1, 0.15) is 35.0 Å². The molecule has 1 amide bonds. The SMILES string of the molecule is CC(=O)N(C)Cc1nn(-c2ccc(C)cc2)c2c1CN(Cc1ccc(F)cc1)CC2. The maximum Gasteiger partial charge on any atom is 0.219 e. The summed E-state index contributed by atoms with van der Waals surface area (Å²) in [5, 5.41) is 4.91. The van der Waals surface area contributed by atoms with Crippen LogP contribution >= 0.6 is 0 Å². The highest BCUT2D eigenvalue weighted by molar-refractivity contribution is 5.72. The summed E-state index contributed by atoms with van der Waals surface area (Å²) in [5.41, 5.74) is 6.68. The van der Waals surface area contributed by atoms with E-state index in [1.54, 1.807) is 18.9 Å². The lowest BCUT2D eigenvalue weighted by atomic mass is 10.0. The highest BCUT2D eigenvalue weighted by Crippen LogP contribution is 2.27. The van der Waals surface area contributed by atoms with E-state index in [0.29, 0.717) is 6.54 Å². The molecule has 2 aromatic carbocycles. The Morgan fingerprint density at radius 1 is 1.13 bits per heavy atom. The highest BCUT2D eigenvalue weighted by Gasteiger charge is 2.26. The van der Waals surface area contributed by atoms with E-state index < -0.39 is 0 Å². The third-order valence-electron chi connectivity index (χ3n) is 5.74. The summed E-state index contributed by atoms with van der Waals surface area (Å²) in [7, 11) is 1.80. The van der Waals surface area contributed by atoms with Gasteiger partial charge >= 0.3 is 0 Å². The van der Waals surface area contributed by atoms with Gasteiger partial charge in [0, 0.05) is 45.6 Å². The summed E-state index contributed by atoms with van der Waals surface area (Å²) in [6.07, 6.45) is 0.876. The van der Waals surface area contributed by atoms with E-state index in [-0.39, 0.29) is 11.7 Å². The molecular weight excluding hydrogens is 379 g/mol. The van der Waals surface area contributed by atoms with Gasteiger partial charge in [-0.25, -0.2) is 9.07 Å². The van der Waals surface area contributed by atoms with Gasteiger partial charge in [-0.2, -0.15) is 5.10 Å². The van der Waals surface area contributed by atoms with Crippen molar-refractivity contribution < 1.29 is 9.18 Å². The maximum absolute atomic E-state index is 13.2. The predicted octanol–water partition coefficient (Wildman–Crippen LogP) is 3.86. The molecule has 2 heterocycles. The van der Waals surface area contributed by atoms with Gasteiger partial charge in [0.05, 0.1) is 23.6 Å². The Morgan fingerprint density at radius 3 is 2.50 bits per heavy atom. The van der Waals surface area contributed by atoms with E-state index in [1.807, 2.05) is 16.8 Å². The molecule has 0 aliphatic carbocycles. The van der Waals surface area contributed by atoms with Crippen LogP contribution in [0.25, 0.3) is 5.69 Å². The number of aromatic nitrogens is 2. The zero-order chi connectivity index (χ0) is 21.3. The third kappa shape index (κ3) is 4.28. The van der Waals surface area contributed by atoms with Gasteiger partial charge in [0.1, 0.15) is 5.82 Å². The Bertz CT molecular complexity index is 1040.